The zero-order valence-electron chi connectivity index (χ0n) is 12.4. The Labute approximate surface area is 125 Å². The minimum atomic E-state index is 0.145. The molecule has 0 spiro atoms. The smallest absolute Gasteiger partial charge is 0.149 e. The number of hydrogen-bond acceptors (Lipinski definition) is 4. The van der Waals surface area contributed by atoms with Crippen LogP contribution in [0, 0.1) is 0 Å². The lowest BCUT2D eigenvalue weighted by Gasteiger charge is -2.15. The van der Waals surface area contributed by atoms with Crippen LogP contribution in [-0.2, 0) is 19.5 Å². The van der Waals surface area contributed by atoms with Gasteiger partial charge in [0.05, 0.1) is 6.04 Å². The van der Waals surface area contributed by atoms with E-state index in [2.05, 4.69) is 27.0 Å². The number of benzene rings is 1. The van der Waals surface area contributed by atoms with Crippen molar-refractivity contribution in [2.45, 2.75) is 51.7 Å². The Morgan fingerprint density at radius 1 is 1.29 bits per heavy atom. The van der Waals surface area contributed by atoms with Crippen molar-refractivity contribution in [1.82, 2.24) is 20.1 Å². The number of aryl methyl sites for hydroxylation is 1. The first kappa shape index (κ1) is 14.1. The predicted molar refractivity (Wildman–Crippen MR) is 80.9 cm³/mol. The molecule has 1 aromatic carbocycles. The van der Waals surface area contributed by atoms with Crippen molar-refractivity contribution < 1.29 is 5.11 Å². The molecule has 0 amide bonds. The molecule has 0 fully saturated rings. The Kier molecular flexibility index (Phi) is 4.20. The molecule has 21 heavy (non-hydrogen) atoms. The molecule has 0 saturated carbocycles. The lowest BCUT2D eigenvalue weighted by molar-refractivity contribution is 0.472. The third-order valence-corrected chi connectivity index (χ3v) is 4.05. The maximum atomic E-state index is 9.50. The molecular weight excluding hydrogens is 264 g/mol. The van der Waals surface area contributed by atoms with Gasteiger partial charge in [0.1, 0.15) is 17.4 Å². The number of hydrogen-bond donors (Lipinski definition) is 2. The van der Waals surface area contributed by atoms with Gasteiger partial charge in [0.25, 0.3) is 0 Å². The van der Waals surface area contributed by atoms with Crippen LogP contribution in [0.4, 0.5) is 0 Å². The number of phenols is 1. The van der Waals surface area contributed by atoms with Crippen molar-refractivity contribution in [3.05, 3.63) is 41.5 Å². The number of rotatable bonds is 4. The zero-order chi connectivity index (χ0) is 14.7. The van der Waals surface area contributed by atoms with E-state index in [4.69, 9.17) is 0 Å². The van der Waals surface area contributed by atoms with Crippen molar-refractivity contribution in [3.8, 4) is 5.75 Å². The van der Waals surface area contributed by atoms with E-state index in [0.717, 1.165) is 30.2 Å². The second-order valence-corrected chi connectivity index (χ2v) is 5.71. The van der Waals surface area contributed by atoms with E-state index in [0.29, 0.717) is 12.3 Å². The summed E-state index contributed by atoms with van der Waals surface area (Å²) >= 11 is 0. The Hall–Kier alpha value is -1.88. The molecule has 3 rings (SSSR count). The molecule has 5 heteroatoms. The zero-order valence-corrected chi connectivity index (χ0v) is 12.4. The number of fused-ring (bicyclic) bond motifs is 1. The highest BCUT2D eigenvalue weighted by Crippen LogP contribution is 2.19. The molecule has 1 unspecified atom stereocenters. The van der Waals surface area contributed by atoms with Crippen LogP contribution in [0.2, 0.25) is 0 Å². The summed E-state index contributed by atoms with van der Waals surface area (Å²) in [4.78, 5) is 0. The summed E-state index contributed by atoms with van der Waals surface area (Å²) in [6.45, 7) is 3.85. The van der Waals surface area contributed by atoms with Gasteiger partial charge >= 0.3 is 0 Å². The topological polar surface area (TPSA) is 63.0 Å². The van der Waals surface area contributed by atoms with Gasteiger partial charge in [-0.3, -0.25) is 0 Å². The minimum absolute atomic E-state index is 0.145. The Balaban J connectivity index is 1.68. The fourth-order valence-corrected chi connectivity index (χ4v) is 2.86. The Bertz CT molecular complexity index is 608. The van der Waals surface area contributed by atoms with Gasteiger partial charge in [-0.05, 0) is 37.5 Å². The highest BCUT2D eigenvalue weighted by atomic mass is 16.3. The average Bonchev–Trinajstić information content (AvgIpc) is 2.74. The number of phenolic OH excluding ortho intramolecular Hbond substituents is 1. The molecule has 112 valence electrons. The van der Waals surface area contributed by atoms with Crippen LogP contribution in [0.25, 0.3) is 0 Å². The van der Waals surface area contributed by atoms with Crippen LogP contribution < -0.4 is 5.32 Å². The Morgan fingerprint density at radius 3 is 3.05 bits per heavy atom. The summed E-state index contributed by atoms with van der Waals surface area (Å²) in [7, 11) is 0. The fraction of sp³-hybridized carbons (Fsp3) is 0.500. The number of nitrogens with one attached hydrogen (secondary N) is 1. The monoisotopic (exact) mass is 286 g/mol. The highest BCUT2D eigenvalue weighted by Gasteiger charge is 2.18. The Morgan fingerprint density at radius 2 is 2.19 bits per heavy atom. The maximum absolute atomic E-state index is 9.50. The van der Waals surface area contributed by atoms with Gasteiger partial charge in [0.2, 0.25) is 0 Å². The van der Waals surface area contributed by atoms with Crippen molar-refractivity contribution >= 4 is 0 Å². The van der Waals surface area contributed by atoms with Crippen LogP contribution in [0.5, 0.6) is 5.75 Å². The molecule has 0 radical (unpaired) electrons. The van der Waals surface area contributed by atoms with Gasteiger partial charge in [-0.1, -0.05) is 18.6 Å². The number of aromatic hydroxyl groups is 1. The van der Waals surface area contributed by atoms with E-state index in [-0.39, 0.29) is 6.04 Å². The molecule has 5 nitrogen and oxygen atoms in total. The summed E-state index contributed by atoms with van der Waals surface area (Å²) in [6.07, 6.45) is 4.72. The molecule has 0 bridgehead atoms. The molecule has 1 aliphatic rings. The molecular formula is C16H22N4O. The number of aromatic nitrogens is 3. The van der Waals surface area contributed by atoms with Crippen LogP contribution in [0.15, 0.2) is 24.3 Å². The summed E-state index contributed by atoms with van der Waals surface area (Å²) in [5, 5.41) is 21.7. The summed E-state index contributed by atoms with van der Waals surface area (Å²) < 4.78 is 2.27. The first-order valence-electron chi connectivity index (χ1n) is 7.67. The second-order valence-electron chi connectivity index (χ2n) is 5.71. The van der Waals surface area contributed by atoms with Crippen molar-refractivity contribution in [2.24, 2.45) is 0 Å². The first-order chi connectivity index (χ1) is 10.2. The minimum Gasteiger partial charge on any atom is -0.508 e. The standard InChI is InChI=1S/C16H22N4O/c1-12(17-11-13-6-5-7-14(21)10-13)16-19-18-15-8-3-2-4-9-20(15)16/h5-7,10,12,17,21H,2-4,8-9,11H2,1H3. The largest absolute Gasteiger partial charge is 0.508 e. The summed E-state index contributed by atoms with van der Waals surface area (Å²) in [6, 6.07) is 7.48. The molecule has 2 aromatic rings. The predicted octanol–water partition coefficient (Wildman–Crippen LogP) is 2.56. The van der Waals surface area contributed by atoms with E-state index >= 15 is 0 Å². The third kappa shape index (κ3) is 3.24. The summed E-state index contributed by atoms with van der Waals surface area (Å²) in [5.74, 6) is 2.44. The van der Waals surface area contributed by atoms with Crippen molar-refractivity contribution in [2.75, 3.05) is 0 Å². The third-order valence-electron chi connectivity index (χ3n) is 4.05. The molecule has 1 aromatic heterocycles. The second kappa shape index (κ2) is 6.26. The van der Waals surface area contributed by atoms with E-state index in [9.17, 15) is 5.11 Å². The van der Waals surface area contributed by atoms with Gasteiger partial charge in [0.15, 0.2) is 0 Å². The van der Waals surface area contributed by atoms with Crippen molar-refractivity contribution in [1.29, 1.82) is 0 Å². The van der Waals surface area contributed by atoms with E-state index < -0.39 is 0 Å². The van der Waals surface area contributed by atoms with Gasteiger partial charge in [-0.2, -0.15) is 0 Å². The normalized spacial score (nSPS) is 16.2. The SMILES string of the molecule is CC(NCc1cccc(O)c1)c1nnc2n1CCCCC2. The molecule has 1 aliphatic heterocycles. The highest BCUT2D eigenvalue weighted by molar-refractivity contribution is 5.27. The van der Waals surface area contributed by atoms with Crippen LogP contribution in [0.3, 0.4) is 0 Å². The molecule has 0 aliphatic carbocycles. The number of nitrogens with zero attached hydrogens (tertiary/aromatic N) is 3. The average molecular weight is 286 g/mol. The lowest BCUT2D eigenvalue weighted by Crippen LogP contribution is -2.22. The van der Waals surface area contributed by atoms with E-state index in [1.54, 1.807) is 12.1 Å². The van der Waals surface area contributed by atoms with Gasteiger partial charge in [-0.25, -0.2) is 0 Å². The van der Waals surface area contributed by atoms with Crippen LogP contribution in [-0.4, -0.2) is 19.9 Å². The molecule has 2 N–H and O–H groups in total. The summed E-state index contributed by atoms with van der Waals surface area (Å²) in [5.41, 5.74) is 1.07. The fourth-order valence-electron chi connectivity index (χ4n) is 2.86. The van der Waals surface area contributed by atoms with Crippen LogP contribution >= 0.6 is 0 Å². The van der Waals surface area contributed by atoms with Gasteiger partial charge in [0, 0.05) is 19.5 Å². The molecule has 2 heterocycles. The van der Waals surface area contributed by atoms with Crippen LogP contribution in [0.1, 0.15) is 49.4 Å². The quantitative estimate of drug-likeness (QED) is 0.906. The first-order valence-corrected chi connectivity index (χ1v) is 7.67. The molecule has 0 saturated heterocycles. The van der Waals surface area contributed by atoms with E-state index in [1.165, 1.54) is 19.3 Å². The maximum Gasteiger partial charge on any atom is 0.149 e. The van der Waals surface area contributed by atoms with Gasteiger partial charge < -0.3 is 15.0 Å². The van der Waals surface area contributed by atoms with Gasteiger partial charge in [-0.15, -0.1) is 10.2 Å². The van der Waals surface area contributed by atoms with Crippen molar-refractivity contribution in [3.63, 3.8) is 0 Å². The lowest BCUT2D eigenvalue weighted by atomic mass is 10.2. The molecule has 1 atom stereocenters. The van der Waals surface area contributed by atoms with E-state index in [1.807, 2.05) is 12.1 Å².